The molecule has 1 aliphatic rings. The van der Waals surface area contributed by atoms with Crippen molar-refractivity contribution in [1.29, 1.82) is 5.26 Å². The van der Waals surface area contributed by atoms with E-state index >= 15 is 0 Å². The van der Waals surface area contributed by atoms with E-state index in [9.17, 15) is 15.2 Å². The smallest absolute Gasteiger partial charge is 0.321 e. The summed E-state index contributed by atoms with van der Waals surface area (Å²) in [5.74, 6) is 1.36. The van der Waals surface area contributed by atoms with E-state index in [1.54, 1.807) is 47.5 Å². The van der Waals surface area contributed by atoms with Gasteiger partial charge in [-0.25, -0.2) is 14.8 Å². The molecule has 10 heteroatoms. The van der Waals surface area contributed by atoms with Crippen LogP contribution < -0.4 is 20.1 Å². The van der Waals surface area contributed by atoms with Gasteiger partial charge in [0.2, 0.25) is 5.95 Å². The van der Waals surface area contributed by atoms with Crippen LogP contribution in [0.2, 0.25) is 0 Å². The lowest BCUT2D eigenvalue weighted by Crippen LogP contribution is -2.33. The number of aromatic nitrogens is 2. The standard InChI is InChI=1S/C24H24N6O4/c1-33-20-11-17(10-18(12-20)28-24(32)30-8-6-19(31)14-30)27-23-26-7-5-21(29-23)15-3-4-22(34-2)16(9-15)13-25/h3-5,7,9-12,19,31H,6,8,14H2,1-2H3,(H,28,32)(H,26,27,29). The van der Waals surface area contributed by atoms with Crippen molar-refractivity contribution < 1.29 is 19.4 Å². The molecule has 1 aliphatic heterocycles. The van der Waals surface area contributed by atoms with Crippen LogP contribution in [0.15, 0.2) is 48.7 Å². The summed E-state index contributed by atoms with van der Waals surface area (Å²) in [5, 5.41) is 25.0. The summed E-state index contributed by atoms with van der Waals surface area (Å²) >= 11 is 0. The van der Waals surface area contributed by atoms with Gasteiger partial charge in [0.1, 0.15) is 17.6 Å². The molecule has 1 atom stereocenters. The fraction of sp³-hybridized carbons (Fsp3) is 0.250. The molecule has 4 rings (SSSR count). The van der Waals surface area contributed by atoms with Gasteiger partial charge >= 0.3 is 6.03 Å². The van der Waals surface area contributed by atoms with Gasteiger partial charge in [-0.3, -0.25) is 0 Å². The fourth-order valence-electron chi connectivity index (χ4n) is 3.65. The molecule has 2 amide bonds. The zero-order chi connectivity index (χ0) is 24.1. The number of ether oxygens (including phenoxy) is 2. The Bertz CT molecular complexity index is 1240. The number of nitrogens with one attached hydrogen (secondary N) is 2. The third-order valence-corrected chi connectivity index (χ3v) is 5.37. The highest BCUT2D eigenvalue weighted by Crippen LogP contribution is 2.28. The molecule has 3 N–H and O–H groups in total. The number of amides is 2. The molecule has 0 spiro atoms. The van der Waals surface area contributed by atoms with E-state index in [-0.39, 0.29) is 6.03 Å². The lowest BCUT2D eigenvalue weighted by atomic mass is 10.1. The molecule has 0 saturated carbocycles. The molecule has 1 fully saturated rings. The highest BCUT2D eigenvalue weighted by molar-refractivity contribution is 5.90. The van der Waals surface area contributed by atoms with Crippen molar-refractivity contribution in [3.05, 3.63) is 54.2 Å². The Hall–Kier alpha value is -4.36. The van der Waals surface area contributed by atoms with Crippen LogP contribution in [-0.2, 0) is 0 Å². The molecule has 2 aromatic carbocycles. The number of aliphatic hydroxyl groups is 1. The van der Waals surface area contributed by atoms with Crippen LogP contribution in [0.1, 0.15) is 12.0 Å². The Labute approximate surface area is 196 Å². The van der Waals surface area contributed by atoms with Gasteiger partial charge in [0.15, 0.2) is 0 Å². The largest absolute Gasteiger partial charge is 0.497 e. The van der Waals surface area contributed by atoms with E-state index in [0.29, 0.717) is 59.6 Å². The monoisotopic (exact) mass is 460 g/mol. The molecule has 1 aromatic heterocycles. The number of likely N-dealkylation sites (tertiary alicyclic amines) is 1. The van der Waals surface area contributed by atoms with Crippen LogP contribution in [0.25, 0.3) is 11.3 Å². The highest BCUT2D eigenvalue weighted by Gasteiger charge is 2.24. The fourth-order valence-corrected chi connectivity index (χ4v) is 3.65. The summed E-state index contributed by atoms with van der Waals surface area (Å²) in [6, 6.07) is 14.0. The number of carbonyl (C=O) groups excluding carboxylic acids is 1. The van der Waals surface area contributed by atoms with E-state index in [4.69, 9.17) is 9.47 Å². The van der Waals surface area contributed by atoms with Crippen LogP contribution in [0.3, 0.4) is 0 Å². The number of methoxy groups -OCH3 is 2. The van der Waals surface area contributed by atoms with Gasteiger partial charge < -0.3 is 30.1 Å². The van der Waals surface area contributed by atoms with Crippen LogP contribution in [0.4, 0.5) is 22.1 Å². The second-order valence-corrected chi connectivity index (χ2v) is 7.69. The SMILES string of the molecule is COc1cc(NC(=O)N2CCC(O)C2)cc(Nc2nccc(-c3ccc(OC)c(C#N)c3)n2)c1. The normalized spacial score (nSPS) is 14.9. The first-order valence-electron chi connectivity index (χ1n) is 10.6. The predicted octanol–water partition coefficient (Wildman–Crippen LogP) is 3.37. The Morgan fingerprint density at radius 3 is 2.71 bits per heavy atom. The third kappa shape index (κ3) is 5.16. The van der Waals surface area contributed by atoms with E-state index < -0.39 is 6.10 Å². The first-order chi connectivity index (χ1) is 16.5. The quantitative estimate of drug-likeness (QED) is 0.510. The third-order valence-electron chi connectivity index (χ3n) is 5.37. The summed E-state index contributed by atoms with van der Waals surface area (Å²) in [5.41, 5.74) is 2.92. The molecular weight excluding hydrogens is 436 g/mol. The van der Waals surface area contributed by atoms with Crippen molar-refractivity contribution in [1.82, 2.24) is 14.9 Å². The molecule has 1 saturated heterocycles. The van der Waals surface area contributed by atoms with Crippen molar-refractivity contribution in [2.75, 3.05) is 37.9 Å². The number of hydrogen-bond donors (Lipinski definition) is 3. The topological polar surface area (TPSA) is 133 Å². The number of aliphatic hydroxyl groups excluding tert-OH is 1. The number of nitrogens with zero attached hydrogens (tertiary/aromatic N) is 4. The molecule has 1 unspecified atom stereocenters. The number of rotatable bonds is 6. The first-order valence-corrected chi connectivity index (χ1v) is 10.6. The van der Waals surface area contributed by atoms with Gasteiger partial charge in [-0.05, 0) is 36.8 Å². The summed E-state index contributed by atoms with van der Waals surface area (Å²) in [6.45, 7) is 0.808. The van der Waals surface area contributed by atoms with Gasteiger partial charge in [0.05, 0.1) is 31.6 Å². The number of nitriles is 1. The Morgan fingerprint density at radius 2 is 2.00 bits per heavy atom. The summed E-state index contributed by atoms with van der Waals surface area (Å²) < 4.78 is 10.6. The van der Waals surface area contributed by atoms with Crippen molar-refractivity contribution in [3.63, 3.8) is 0 Å². The molecule has 0 bridgehead atoms. The number of benzene rings is 2. The number of hydrogen-bond acceptors (Lipinski definition) is 8. The number of urea groups is 1. The van der Waals surface area contributed by atoms with Crippen LogP contribution in [-0.4, -0.2) is 59.4 Å². The van der Waals surface area contributed by atoms with E-state index in [2.05, 4.69) is 26.7 Å². The van der Waals surface area contributed by atoms with Gasteiger partial charge in [0.25, 0.3) is 0 Å². The minimum atomic E-state index is -0.493. The van der Waals surface area contributed by atoms with E-state index in [1.807, 2.05) is 6.07 Å². The van der Waals surface area contributed by atoms with Gasteiger partial charge in [0, 0.05) is 48.4 Å². The summed E-state index contributed by atoms with van der Waals surface area (Å²) in [7, 11) is 3.05. The highest BCUT2D eigenvalue weighted by atomic mass is 16.5. The Balaban J connectivity index is 1.55. The first kappa shape index (κ1) is 22.8. The molecule has 3 aromatic rings. The minimum Gasteiger partial charge on any atom is -0.497 e. The predicted molar refractivity (Wildman–Crippen MR) is 126 cm³/mol. The zero-order valence-electron chi connectivity index (χ0n) is 18.8. The maximum absolute atomic E-state index is 12.5. The maximum Gasteiger partial charge on any atom is 0.321 e. The Morgan fingerprint density at radius 1 is 1.18 bits per heavy atom. The molecule has 0 aliphatic carbocycles. The molecule has 2 heterocycles. The van der Waals surface area contributed by atoms with Gasteiger partial charge in [-0.15, -0.1) is 0 Å². The van der Waals surface area contributed by atoms with Crippen molar-refractivity contribution in [3.8, 4) is 28.8 Å². The lowest BCUT2D eigenvalue weighted by Gasteiger charge is -2.17. The molecule has 10 nitrogen and oxygen atoms in total. The number of carbonyl (C=O) groups is 1. The van der Waals surface area contributed by atoms with Crippen LogP contribution >= 0.6 is 0 Å². The summed E-state index contributed by atoms with van der Waals surface area (Å²) in [4.78, 5) is 22.9. The summed E-state index contributed by atoms with van der Waals surface area (Å²) in [6.07, 6.45) is 1.69. The molecule has 0 radical (unpaired) electrons. The second-order valence-electron chi connectivity index (χ2n) is 7.69. The van der Waals surface area contributed by atoms with Crippen molar-refractivity contribution in [2.45, 2.75) is 12.5 Å². The number of β-amino-alcohol motifs (C(OH)–C–C–N with tert-alkyl or cyclic N) is 1. The van der Waals surface area contributed by atoms with E-state index in [0.717, 1.165) is 5.56 Å². The van der Waals surface area contributed by atoms with Crippen molar-refractivity contribution in [2.24, 2.45) is 0 Å². The van der Waals surface area contributed by atoms with E-state index in [1.165, 1.54) is 14.2 Å². The number of anilines is 3. The minimum absolute atomic E-state index is 0.290. The lowest BCUT2D eigenvalue weighted by molar-refractivity contribution is 0.176. The van der Waals surface area contributed by atoms with Crippen LogP contribution in [0.5, 0.6) is 11.5 Å². The molecule has 34 heavy (non-hydrogen) atoms. The zero-order valence-corrected chi connectivity index (χ0v) is 18.8. The molecular formula is C24H24N6O4. The second kappa shape index (κ2) is 10.1. The average Bonchev–Trinajstić information content (AvgIpc) is 3.30. The van der Waals surface area contributed by atoms with Crippen molar-refractivity contribution >= 4 is 23.4 Å². The Kier molecular flexibility index (Phi) is 6.75. The van der Waals surface area contributed by atoms with Crippen LogP contribution in [0, 0.1) is 11.3 Å². The van der Waals surface area contributed by atoms with Gasteiger partial charge in [-0.2, -0.15) is 5.26 Å². The van der Waals surface area contributed by atoms with Gasteiger partial charge in [-0.1, -0.05) is 0 Å². The maximum atomic E-state index is 12.5. The average molecular weight is 460 g/mol. The molecule has 174 valence electrons.